The van der Waals surface area contributed by atoms with Crippen molar-refractivity contribution in [2.45, 2.75) is 32.4 Å². The van der Waals surface area contributed by atoms with Gasteiger partial charge < -0.3 is 9.64 Å². The molecule has 0 N–H and O–H groups in total. The molecule has 1 aliphatic rings. The Morgan fingerprint density at radius 2 is 2.35 bits per heavy atom. The number of nitrogens with zero attached hydrogens (tertiary/aromatic N) is 4. The fourth-order valence-electron chi connectivity index (χ4n) is 2.56. The summed E-state index contributed by atoms with van der Waals surface area (Å²) in [6, 6.07) is 2.29. The van der Waals surface area contributed by atoms with Crippen LogP contribution in [0, 0.1) is 17.2 Å². The summed E-state index contributed by atoms with van der Waals surface area (Å²) in [7, 11) is 1.61. The van der Waals surface area contributed by atoms with Gasteiger partial charge >= 0.3 is 0 Å². The zero-order valence-corrected chi connectivity index (χ0v) is 12.1. The molecule has 1 saturated heterocycles. The number of aromatic nitrogens is 2. The molecule has 0 spiro atoms. The highest BCUT2D eigenvalue weighted by molar-refractivity contribution is 5.80. The van der Waals surface area contributed by atoms with Crippen molar-refractivity contribution in [2.75, 3.05) is 20.3 Å². The Labute approximate surface area is 118 Å². The van der Waals surface area contributed by atoms with E-state index in [1.807, 2.05) is 24.7 Å². The molecule has 0 bridgehead atoms. The van der Waals surface area contributed by atoms with Crippen molar-refractivity contribution in [1.82, 2.24) is 14.7 Å². The number of carbonyl (C=O) groups excluding carboxylic acids is 1. The minimum Gasteiger partial charge on any atom is -0.383 e. The van der Waals surface area contributed by atoms with Gasteiger partial charge in [0.2, 0.25) is 5.91 Å². The Kier molecular flexibility index (Phi) is 4.40. The molecule has 6 nitrogen and oxygen atoms in total. The first-order chi connectivity index (χ1) is 9.58. The monoisotopic (exact) mass is 276 g/mol. The Morgan fingerprint density at radius 3 is 2.90 bits per heavy atom. The van der Waals surface area contributed by atoms with Crippen molar-refractivity contribution in [3.05, 3.63) is 18.0 Å². The molecule has 1 amide bonds. The number of hydrogen-bond donors (Lipinski definition) is 0. The summed E-state index contributed by atoms with van der Waals surface area (Å²) in [5.74, 6) is -0.305. The van der Waals surface area contributed by atoms with Gasteiger partial charge in [0.15, 0.2) is 0 Å². The average molecular weight is 276 g/mol. The number of nitriles is 1. The van der Waals surface area contributed by atoms with E-state index >= 15 is 0 Å². The SMILES string of the molecule is COCCN1C(=O)C[C@@H](C#N)[C@H]1c1cnn(C(C)C)c1. The molecule has 0 saturated carbocycles. The summed E-state index contributed by atoms with van der Waals surface area (Å²) in [6.07, 6.45) is 3.96. The highest BCUT2D eigenvalue weighted by Crippen LogP contribution is 2.37. The van der Waals surface area contributed by atoms with Gasteiger partial charge in [0.05, 0.1) is 30.8 Å². The van der Waals surface area contributed by atoms with E-state index in [0.29, 0.717) is 13.2 Å². The van der Waals surface area contributed by atoms with E-state index in [1.165, 1.54) is 0 Å². The molecule has 1 aromatic heterocycles. The minimum absolute atomic E-state index is 0.0101. The van der Waals surface area contributed by atoms with Crippen molar-refractivity contribution < 1.29 is 9.53 Å². The van der Waals surface area contributed by atoms with E-state index in [0.717, 1.165) is 5.56 Å². The maximum absolute atomic E-state index is 12.1. The van der Waals surface area contributed by atoms with Gasteiger partial charge in [0.25, 0.3) is 0 Å². The zero-order valence-electron chi connectivity index (χ0n) is 12.1. The molecule has 20 heavy (non-hydrogen) atoms. The molecular formula is C14H20N4O2. The third-order valence-electron chi connectivity index (χ3n) is 3.63. The largest absolute Gasteiger partial charge is 0.383 e. The lowest BCUT2D eigenvalue weighted by atomic mass is 9.97. The maximum atomic E-state index is 12.1. The van der Waals surface area contributed by atoms with Crippen LogP contribution in [0.1, 0.15) is 37.9 Å². The molecule has 0 aliphatic carbocycles. The van der Waals surface area contributed by atoms with Crippen molar-refractivity contribution >= 4 is 5.91 Å². The number of ether oxygens (including phenoxy) is 1. The van der Waals surface area contributed by atoms with E-state index in [2.05, 4.69) is 11.2 Å². The Morgan fingerprint density at radius 1 is 1.60 bits per heavy atom. The number of hydrogen-bond acceptors (Lipinski definition) is 4. The number of methoxy groups -OCH3 is 1. The zero-order chi connectivity index (χ0) is 14.7. The standard InChI is InChI=1S/C14H20N4O2/c1-10(2)18-9-12(8-16-18)14-11(7-15)6-13(19)17(14)4-5-20-3/h8-11,14H,4-6H2,1-3H3/t11-,14-/m0/s1. The lowest BCUT2D eigenvalue weighted by Crippen LogP contribution is -2.31. The normalized spacial score (nSPS) is 22.6. The van der Waals surface area contributed by atoms with Gasteiger partial charge in [-0.1, -0.05) is 0 Å². The molecule has 2 atom stereocenters. The molecular weight excluding hydrogens is 256 g/mol. The lowest BCUT2D eigenvalue weighted by Gasteiger charge is -2.25. The van der Waals surface area contributed by atoms with Crippen LogP contribution >= 0.6 is 0 Å². The smallest absolute Gasteiger partial charge is 0.224 e. The van der Waals surface area contributed by atoms with Crippen LogP contribution in [0.4, 0.5) is 0 Å². The van der Waals surface area contributed by atoms with Crippen LogP contribution in [0.25, 0.3) is 0 Å². The second-order valence-electron chi connectivity index (χ2n) is 5.31. The van der Waals surface area contributed by atoms with Gasteiger partial charge in [0, 0.05) is 37.9 Å². The fourth-order valence-corrected chi connectivity index (χ4v) is 2.56. The Bertz CT molecular complexity index is 517. The van der Waals surface area contributed by atoms with Gasteiger partial charge in [-0.3, -0.25) is 9.48 Å². The first kappa shape index (κ1) is 14.5. The summed E-state index contributed by atoms with van der Waals surface area (Å²) in [6.45, 7) is 5.06. The fraction of sp³-hybridized carbons (Fsp3) is 0.643. The molecule has 108 valence electrons. The van der Waals surface area contributed by atoms with Crippen LogP contribution in [-0.4, -0.2) is 40.8 Å². The van der Waals surface area contributed by atoms with E-state index in [9.17, 15) is 10.1 Å². The number of carbonyl (C=O) groups is 1. The minimum atomic E-state index is -0.316. The number of rotatable bonds is 5. The predicted octanol–water partition coefficient (Wildman–Crippen LogP) is 1.52. The van der Waals surface area contributed by atoms with Crippen LogP contribution in [0.3, 0.4) is 0 Å². The topological polar surface area (TPSA) is 71.2 Å². The second-order valence-corrected chi connectivity index (χ2v) is 5.31. The molecule has 1 aromatic rings. The van der Waals surface area contributed by atoms with Crippen molar-refractivity contribution in [2.24, 2.45) is 5.92 Å². The van der Waals surface area contributed by atoms with E-state index in [1.54, 1.807) is 18.2 Å². The molecule has 1 fully saturated rings. The van der Waals surface area contributed by atoms with Crippen molar-refractivity contribution in [3.8, 4) is 6.07 Å². The summed E-state index contributed by atoms with van der Waals surface area (Å²) in [5, 5.41) is 13.6. The molecule has 2 rings (SSSR count). The van der Waals surface area contributed by atoms with Crippen molar-refractivity contribution in [1.29, 1.82) is 5.26 Å². The quantitative estimate of drug-likeness (QED) is 0.817. The summed E-state index contributed by atoms with van der Waals surface area (Å²) in [5.41, 5.74) is 0.923. The van der Waals surface area contributed by atoms with Gasteiger partial charge in [-0.15, -0.1) is 0 Å². The Hall–Kier alpha value is -1.87. The first-order valence-corrected chi connectivity index (χ1v) is 6.80. The van der Waals surface area contributed by atoms with Gasteiger partial charge in [-0.25, -0.2) is 0 Å². The van der Waals surface area contributed by atoms with Crippen LogP contribution in [0.15, 0.2) is 12.4 Å². The molecule has 0 unspecified atom stereocenters. The summed E-state index contributed by atoms with van der Waals surface area (Å²) >= 11 is 0. The van der Waals surface area contributed by atoms with Crippen LogP contribution in [0.5, 0.6) is 0 Å². The highest BCUT2D eigenvalue weighted by Gasteiger charge is 2.41. The van der Waals surface area contributed by atoms with Crippen molar-refractivity contribution in [3.63, 3.8) is 0 Å². The average Bonchev–Trinajstić information content (AvgIpc) is 3.00. The third-order valence-corrected chi connectivity index (χ3v) is 3.63. The number of likely N-dealkylation sites (tertiary alicyclic amines) is 1. The van der Waals surface area contributed by atoms with Crippen LogP contribution in [0.2, 0.25) is 0 Å². The number of amides is 1. The van der Waals surface area contributed by atoms with Crippen LogP contribution in [-0.2, 0) is 9.53 Å². The van der Waals surface area contributed by atoms with Crippen LogP contribution < -0.4 is 0 Å². The highest BCUT2D eigenvalue weighted by atomic mass is 16.5. The maximum Gasteiger partial charge on any atom is 0.224 e. The van der Waals surface area contributed by atoms with Gasteiger partial charge in [-0.05, 0) is 13.8 Å². The van der Waals surface area contributed by atoms with E-state index < -0.39 is 0 Å². The molecule has 0 aromatic carbocycles. The predicted molar refractivity (Wildman–Crippen MR) is 72.7 cm³/mol. The lowest BCUT2D eigenvalue weighted by molar-refractivity contribution is -0.129. The summed E-state index contributed by atoms with van der Waals surface area (Å²) in [4.78, 5) is 13.8. The van der Waals surface area contributed by atoms with E-state index in [-0.39, 0.29) is 30.3 Å². The molecule has 1 aliphatic heterocycles. The molecule has 2 heterocycles. The molecule has 0 radical (unpaired) electrons. The second kappa shape index (κ2) is 6.06. The third kappa shape index (κ3) is 2.68. The summed E-state index contributed by atoms with van der Waals surface area (Å²) < 4.78 is 6.90. The molecule has 6 heteroatoms. The first-order valence-electron chi connectivity index (χ1n) is 6.80. The Balaban J connectivity index is 2.27. The van der Waals surface area contributed by atoms with Gasteiger partial charge in [-0.2, -0.15) is 10.4 Å². The van der Waals surface area contributed by atoms with Gasteiger partial charge in [0.1, 0.15) is 0 Å². The van der Waals surface area contributed by atoms with E-state index in [4.69, 9.17) is 4.74 Å².